The molecule has 0 bridgehead atoms. The summed E-state index contributed by atoms with van der Waals surface area (Å²) in [4.78, 5) is 0. The van der Waals surface area contributed by atoms with Crippen molar-refractivity contribution in [2.24, 2.45) is 5.92 Å². The minimum Gasteiger partial charge on any atom is -0.725 e. The zero-order valence-electron chi connectivity index (χ0n) is 17.7. The van der Waals surface area contributed by atoms with Crippen LogP contribution in [0.5, 0.6) is 0 Å². The quantitative estimate of drug-likeness (QED) is 0.519. The third-order valence-electron chi connectivity index (χ3n) is 5.01. The number of allylic oxidation sites excluding steroid dienone is 5. The van der Waals surface area contributed by atoms with Gasteiger partial charge >= 0.3 is 37.7 Å². The molecule has 2 unspecified atom stereocenters. The van der Waals surface area contributed by atoms with Crippen molar-refractivity contribution in [1.82, 2.24) is 0 Å². The van der Waals surface area contributed by atoms with Gasteiger partial charge in [-0.2, -0.15) is 17.7 Å². The maximum absolute atomic E-state index is 4.88. The second-order valence-electron chi connectivity index (χ2n) is 6.85. The molecule has 0 saturated heterocycles. The van der Waals surface area contributed by atoms with E-state index in [0.29, 0.717) is 18.4 Å². The van der Waals surface area contributed by atoms with Gasteiger partial charge in [-0.05, 0) is 17.4 Å². The summed E-state index contributed by atoms with van der Waals surface area (Å²) in [7, 11) is 0. The number of rotatable bonds is 7. The number of benzene rings is 2. The average molecular weight is 355 g/mol. The van der Waals surface area contributed by atoms with Crippen molar-refractivity contribution in [3.63, 3.8) is 0 Å². The Morgan fingerprint density at radius 3 is 2.25 bits per heavy atom. The number of nitrogens with zero attached hydrogens (tertiary/aromatic N) is 1. The molecular weight excluding hydrogens is 328 g/mol. The zero-order valence-corrected chi connectivity index (χ0v) is 17.7. The van der Waals surface area contributed by atoms with E-state index in [1.54, 1.807) is 0 Å². The van der Waals surface area contributed by atoms with E-state index in [2.05, 4.69) is 99.2 Å². The van der Waals surface area contributed by atoms with Gasteiger partial charge in [0.15, 0.2) is 0 Å². The molecule has 0 N–H and O–H groups in total. The van der Waals surface area contributed by atoms with Crippen molar-refractivity contribution in [1.29, 1.82) is 0 Å². The Morgan fingerprint density at radius 2 is 1.61 bits per heavy atom. The van der Waals surface area contributed by atoms with E-state index < -0.39 is 0 Å². The standard InChI is InChI=1S/C25H27N.2Li/c1-3-20(2)24(22-14-8-5-9-15-22)18-23-16-10-11-17-25(23)26-19-21-12-6-4-7-13-21;;/h4-18,20,24H,3,19H2,1-2H3;;/q-2;2*+1/b23-18+;;. The third kappa shape index (κ3) is 6.85. The Kier molecular flexibility index (Phi) is 11.3. The molecule has 28 heavy (non-hydrogen) atoms. The van der Waals surface area contributed by atoms with E-state index in [0.717, 1.165) is 12.1 Å². The Labute approximate surface area is 194 Å². The van der Waals surface area contributed by atoms with Crippen LogP contribution in [0.2, 0.25) is 0 Å². The second kappa shape index (κ2) is 12.9. The molecule has 2 atom stereocenters. The molecule has 1 aliphatic carbocycles. The van der Waals surface area contributed by atoms with Crippen molar-refractivity contribution in [3.05, 3.63) is 119 Å². The van der Waals surface area contributed by atoms with Crippen LogP contribution in [0.3, 0.4) is 0 Å². The Morgan fingerprint density at radius 1 is 0.964 bits per heavy atom. The SMILES string of the molecule is CCC(C)C(/C=C1\[CH-]C=CC=C1[N-]Cc1ccccc1)c1ccccc1.[Li+].[Li+]. The van der Waals surface area contributed by atoms with E-state index in [9.17, 15) is 0 Å². The molecule has 0 aromatic heterocycles. The Bertz CT molecular complexity index is 779. The third-order valence-corrected chi connectivity index (χ3v) is 5.01. The molecule has 3 rings (SSSR count). The predicted octanol–water partition coefficient (Wildman–Crippen LogP) is 0.983. The minimum absolute atomic E-state index is 0. The van der Waals surface area contributed by atoms with Crippen LogP contribution >= 0.6 is 0 Å². The fourth-order valence-corrected chi connectivity index (χ4v) is 3.24. The molecule has 0 heterocycles. The van der Waals surface area contributed by atoms with Crippen molar-refractivity contribution >= 4 is 0 Å². The van der Waals surface area contributed by atoms with Crippen LogP contribution in [0.4, 0.5) is 0 Å². The van der Waals surface area contributed by atoms with Crippen LogP contribution in [0, 0.1) is 12.3 Å². The monoisotopic (exact) mass is 355 g/mol. The summed E-state index contributed by atoms with van der Waals surface area (Å²) in [5.41, 5.74) is 4.90. The molecule has 3 heteroatoms. The first-order valence-electron chi connectivity index (χ1n) is 9.48. The summed E-state index contributed by atoms with van der Waals surface area (Å²) < 4.78 is 0. The van der Waals surface area contributed by atoms with Crippen LogP contribution in [0.25, 0.3) is 5.32 Å². The van der Waals surface area contributed by atoms with E-state index in [1.165, 1.54) is 16.7 Å². The molecule has 0 radical (unpaired) electrons. The van der Waals surface area contributed by atoms with Gasteiger partial charge in [-0.1, -0.05) is 86.5 Å². The van der Waals surface area contributed by atoms with Crippen molar-refractivity contribution < 1.29 is 37.7 Å². The van der Waals surface area contributed by atoms with Gasteiger partial charge in [-0.15, -0.1) is 25.1 Å². The molecule has 0 spiro atoms. The first-order valence-corrected chi connectivity index (χ1v) is 9.48. The van der Waals surface area contributed by atoms with Gasteiger partial charge in [0.2, 0.25) is 0 Å². The number of hydrogen-bond acceptors (Lipinski definition) is 0. The van der Waals surface area contributed by atoms with E-state index in [4.69, 9.17) is 5.32 Å². The van der Waals surface area contributed by atoms with Crippen LogP contribution < -0.4 is 37.7 Å². The van der Waals surface area contributed by atoms with Gasteiger partial charge < -0.3 is 5.32 Å². The fourth-order valence-electron chi connectivity index (χ4n) is 3.24. The molecule has 0 saturated carbocycles. The molecule has 2 aromatic rings. The smallest absolute Gasteiger partial charge is 0.725 e. The topological polar surface area (TPSA) is 14.1 Å². The summed E-state index contributed by atoms with van der Waals surface area (Å²) in [5.74, 6) is 0.980. The first-order chi connectivity index (χ1) is 12.8. The van der Waals surface area contributed by atoms with Gasteiger partial charge in [-0.3, -0.25) is 0 Å². The van der Waals surface area contributed by atoms with Gasteiger partial charge in [0.25, 0.3) is 0 Å². The Hall–Kier alpha value is -1.48. The largest absolute Gasteiger partial charge is 1.00 e. The van der Waals surface area contributed by atoms with Crippen LogP contribution in [0.1, 0.15) is 37.3 Å². The van der Waals surface area contributed by atoms with E-state index >= 15 is 0 Å². The van der Waals surface area contributed by atoms with Crippen molar-refractivity contribution in [2.75, 3.05) is 0 Å². The second-order valence-corrected chi connectivity index (χ2v) is 6.85. The van der Waals surface area contributed by atoms with Crippen LogP contribution in [-0.2, 0) is 6.54 Å². The summed E-state index contributed by atoms with van der Waals surface area (Å²) in [6.45, 7) is 5.31. The maximum Gasteiger partial charge on any atom is 1.00 e. The maximum atomic E-state index is 4.88. The molecule has 1 nitrogen and oxygen atoms in total. The van der Waals surface area contributed by atoms with Crippen molar-refractivity contribution in [3.8, 4) is 0 Å². The van der Waals surface area contributed by atoms with Gasteiger partial charge in [0, 0.05) is 0 Å². The molecule has 0 amide bonds. The van der Waals surface area contributed by atoms with Crippen LogP contribution in [-0.4, -0.2) is 0 Å². The molecular formula is C25H27Li2N. The molecule has 0 fully saturated rings. The van der Waals surface area contributed by atoms with E-state index in [1.807, 2.05) is 6.07 Å². The van der Waals surface area contributed by atoms with Crippen molar-refractivity contribution in [2.45, 2.75) is 32.7 Å². The Balaban J connectivity index is 0.00000196. The molecule has 1 aliphatic rings. The minimum atomic E-state index is 0. The van der Waals surface area contributed by atoms with Gasteiger partial charge in [0.1, 0.15) is 0 Å². The first kappa shape index (κ1) is 24.6. The average Bonchev–Trinajstić information content (AvgIpc) is 2.72. The molecule has 2 aromatic carbocycles. The normalized spacial score (nSPS) is 16.1. The predicted molar refractivity (Wildman–Crippen MR) is 112 cm³/mol. The zero-order chi connectivity index (χ0) is 18.2. The van der Waals surface area contributed by atoms with E-state index in [-0.39, 0.29) is 37.7 Å². The molecule has 0 aliphatic heterocycles. The van der Waals surface area contributed by atoms with Crippen LogP contribution in [0.15, 0.2) is 96.2 Å². The molecule has 134 valence electrons. The summed E-state index contributed by atoms with van der Waals surface area (Å²) in [6, 6.07) is 21.2. The summed E-state index contributed by atoms with van der Waals surface area (Å²) in [6.07, 6.45) is 12.0. The summed E-state index contributed by atoms with van der Waals surface area (Å²) in [5, 5.41) is 4.88. The summed E-state index contributed by atoms with van der Waals surface area (Å²) >= 11 is 0. The fraction of sp³-hybridized carbons (Fsp3) is 0.240. The van der Waals surface area contributed by atoms with Gasteiger partial charge in [0.05, 0.1) is 0 Å². The van der Waals surface area contributed by atoms with Gasteiger partial charge in [-0.25, -0.2) is 5.70 Å². The number of hydrogen-bond donors (Lipinski definition) is 0.